The Morgan fingerprint density at radius 3 is 2.50 bits per heavy atom. The molecule has 1 aromatic carbocycles. The molecule has 0 radical (unpaired) electrons. The third-order valence-electron chi connectivity index (χ3n) is 8.14. The summed E-state index contributed by atoms with van der Waals surface area (Å²) in [5.41, 5.74) is 4.94. The predicted octanol–water partition coefficient (Wildman–Crippen LogP) is 4.48. The van der Waals surface area contributed by atoms with Gasteiger partial charge in [-0.3, -0.25) is 4.79 Å². The molecule has 1 saturated heterocycles. The van der Waals surface area contributed by atoms with Crippen molar-refractivity contribution >= 4 is 29.2 Å². The van der Waals surface area contributed by atoms with Crippen molar-refractivity contribution in [1.82, 2.24) is 10.2 Å². The Bertz CT molecular complexity index is 905. The van der Waals surface area contributed by atoms with Crippen LogP contribution >= 0.6 is 0 Å². The van der Waals surface area contributed by atoms with E-state index in [4.69, 9.17) is 5.41 Å². The van der Waals surface area contributed by atoms with E-state index in [0.717, 1.165) is 73.4 Å². The van der Waals surface area contributed by atoms with E-state index in [0.29, 0.717) is 12.1 Å². The minimum absolute atomic E-state index is 0.167. The number of hydrogen-bond acceptors (Lipinski definition) is 5. The number of amides is 1. The summed E-state index contributed by atoms with van der Waals surface area (Å²) >= 11 is 0. The molecule has 4 aliphatic rings. The van der Waals surface area contributed by atoms with Gasteiger partial charge in [0.1, 0.15) is 0 Å². The third-order valence-corrected chi connectivity index (χ3v) is 8.14. The summed E-state index contributed by atoms with van der Waals surface area (Å²) in [6.45, 7) is 2.19. The molecule has 0 unspecified atom stereocenters. The minimum Gasteiger partial charge on any atom is -0.382 e. The average Bonchev–Trinajstić information content (AvgIpc) is 3.08. The lowest BCUT2D eigenvalue weighted by Crippen LogP contribution is -2.40. The highest BCUT2D eigenvalue weighted by Gasteiger charge is 2.52. The van der Waals surface area contributed by atoms with Gasteiger partial charge in [0, 0.05) is 29.6 Å². The number of carbonyl (C=O) groups excluding carboxylic acids is 1. The molecule has 2 aliphatic carbocycles. The van der Waals surface area contributed by atoms with Crippen molar-refractivity contribution in [3.63, 3.8) is 0 Å². The van der Waals surface area contributed by atoms with E-state index in [9.17, 15) is 4.79 Å². The van der Waals surface area contributed by atoms with Crippen molar-refractivity contribution in [2.75, 3.05) is 30.8 Å². The van der Waals surface area contributed by atoms with Crippen molar-refractivity contribution in [2.45, 2.75) is 81.7 Å². The lowest BCUT2D eigenvalue weighted by atomic mass is 9.65. The molecule has 1 aromatic rings. The van der Waals surface area contributed by atoms with Crippen molar-refractivity contribution in [3.05, 3.63) is 29.3 Å². The van der Waals surface area contributed by atoms with E-state index in [-0.39, 0.29) is 11.3 Å². The summed E-state index contributed by atoms with van der Waals surface area (Å²) in [5, 5.41) is 18.5. The summed E-state index contributed by atoms with van der Waals surface area (Å²) in [6.07, 6.45) is 14.7. The van der Waals surface area contributed by atoms with Crippen LogP contribution in [0.4, 0.5) is 11.4 Å². The lowest BCUT2D eigenvalue weighted by Gasteiger charge is -2.36. The van der Waals surface area contributed by atoms with Crippen molar-refractivity contribution in [3.8, 4) is 0 Å². The minimum atomic E-state index is -0.352. The normalized spacial score (nSPS) is 24.0. The van der Waals surface area contributed by atoms with Crippen LogP contribution < -0.4 is 16.0 Å². The van der Waals surface area contributed by atoms with Gasteiger partial charge in [0.2, 0.25) is 5.91 Å². The van der Waals surface area contributed by atoms with E-state index in [1.54, 1.807) is 0 Å². The molecule has 3 fully saturated rings. The van der Waals surface area contributed by atoms with Gasteiger partial charge >= 0.3 is 0 Å². The van der Waals surface area contributed by atoms with Gasteiger partial charge in [0.15, 0.2) is 0 Å². The highest BCUT2D eigenvalue weighted by atomic mass is 16.2. The Labute approximate surface area is 191 Å². The van der Waals surface area contributed by atoms with Crippen LogP contribution in [-0.2, 0) is 10.2 Å². The van der Waals surface area contributed by atoms with Crippen LogP contribution in [0.15, 0.2) is 18.2 Å². The third kappa shape index (κ3) is 3.94. The maximum absolute atomic E-state index is 13.0. The molecule has 172 valence electrons. The van der Waals surface area contributed by atoms with E-state index < -0.39 is 0 Å². The second-order valence-electron chi connectivity index (χ2n) is 10.3. The summed E-state index contributed by atoms with van der Waals surface area (Å²) in [5.74, 6) is 0.167. The summed E-state index contributed by atoms with van der Waals surface area (Å²) < 4.78 is 0. The molecule has 6 nitrogen and oxygen atoms in total. The molecule has 1 amide bonds. The number of benzene rings is 1. The number of fused-ring (bicyclic) bond motifs is 2. The van der Waals surface area contributed by atoms with Crippen molar-refractivity contribution < 1.29 is 4.79 Å². The van der Waals surface area contributed by atoms with Crippen molar-refractivity contribution in [2.24, 2.45) is 0 Å². The standard InChI is InChI=1S/C26H37N5O/c1-31-14-9-20(10-15-31)29-23-17-18(22(8-13-27)28-19-6-3-2-4-7-19)16-21-24(23)30-25(32)26(21)11-5-12-26/h8,13,16-17,19-20,27-29H,2-7,9-12,14-15H2,1H3,(H,30,32)/b22-8-,27-13?. The van der Waals surface area contributed by atoms with E-state index in [2.05, 4.69) is 40.0 Å². The number of allylic oxidation sites excluding steroid dienone is 1. The first kappa shape index (κ1) is 21.5. The largest absolute Gasteiger partial charge is 0.382 e. The molecular weight excluding hydrogens is 398 g/mol. The van der Waals surface area contributed by atoms with Gasteiger partial charge in [-0.1, -0.05) is 25.7 Å². The molecule has 0 atom stereocenters. The fourth-order valence-corrected chi connectivity index (χ4v) is 5.96. The topological polar surface area (TPSA) is 80.2 Å². The highest BCUT2D eigenvalue weighted by Crippen LogP contribution is 2.53. The Balaban J connectivity index is 1.50. The second-order valence-corrected chi connectivity index (χ2v) is 10.3. The summed E-state index contributed by atoms with van der Waals surface area (Å²) in [7, 11) is 2.18. The molecule has 6 heteroatoms. The summed E-state index contributed by atoms with van der Waals surface area (Å²) in [4.78, 5) is 15.4. The Hall–Kier alpha value is -2.34. The molecule has 5 rings (SSSR count). The van der Waals surface area contributed by atoms with Gasteiger partial charge in [0.05, 0.1) is 16.8 Å². The van der Waals surface area contributed by atoms with Crippen LogP contribution in [0.5, 0.6) is 0 Å². The zero-order valence-corrected chi connectivity index (χ0v) is 19.3. The van der Waals surface area contributed by atoms with E-state index in [1.165, 1.54) is 38.3 Å². The molecule has 4 N–H and O–H groups in total. The monoisotopic (exact) mass is 435 g/mol. The fraction of sp³-hybridized carbons (Fsp3) is 0.615. The van der Waals surface area contributed by atoms with Gasteiger partial charge < -0.3 is 26.3 Å². The zero-order valence-electron chi connectivity index (χ0n) is 19.3. The Kier molecular flexibility index (Phi) is 5.97. The van der Waals surface area contributed by atoms with Gasteiger partial charge in [-0.15, -0.1) is 0 Å². The number of hydrogen-bond donors (Lipinski definition) is 4. The van der Waals surface area contributed by atoms with Gasteiger partial charge in [-0.25, -0.2) is 0 Å². The lowest BCUT2D eigenvalue weighted by molar-refractivity contribution is -0.123. The fourth-order valence-electron chi connectivity index (χ4n) is 5.96. The second kappa shape index (κ2) is 8.89. The van der Waals surface area contributed by atoms with Crippen molar-refractivity contribution in [1.29, 1.82) is 5.41 Å². The van der Waals surface area contributed by atoms with Crippen LogP contribution in [0, 0.1) is 5.41 Å². The van der Waals surface area contributed by atoms with Gasteiger partial charge in [0.25, 0.3) is 0 Å². The van der Waals surface area contributed by atoms with Crippen LogP contribution in [0.2, 0.25) is 0 Å². The summed E-state index contributed by atoms with van der Waals surface area (Å²) in [6, 6.07) is 5.30. The first-order valence-electron chi connectivity index (χ1n) is 12.5. The van der Waals surface area contributed by atoms with E-state index >= 15 is 0 Å². The molecular formula is C26H37N5O. The van der Waals surface area contributed by atoms with E-state index in [1.807, 2.05) is 6.08 Å². The maximum Gasteiger partial charge on any atom is 0.235 e. The number of nitrogens with zero attached hydrogens (tertiary/aromatic N) is 1. The first-order chi connectivity index (χ1) is 15.6. The number of likely N-dealkylation sites (tertiary alicyclic amines) is 1. The Morgan fingerprint density at radius 1 is 1.09 bits per heavy atom. The SMILES string of the molecule is CN1CCC(Nc2cc(/C(=C/C=N)NC3CCCCC3)cc3c2NC(=O)C32CCC2)CC1. The van der Waals surface area contributed by atoms with Gasteiger partial charge in [-0.2, -0.15) is 0 Å². The quantitative estimate of drug-likeness (QED) is 0.497. The highest BCUT2D eigenvalue weighted by molar-refractivity contribution is 6.10. The van der Waals surface area contributed by atoms with Gasteiger partial charge in [-0.05, 0) is 82.4 Å². The average molecular weight is 436 g/mol. The maximum atomic E-state index is 13.0. The molecule has 1 spiro atoms. The molecule has 0 bridgehead atoms. The van der Waals surface area contributed by atoms with Crippen LogP contribution in [0.1, 0.15) is 75.3 Å². The number of carbonyl (C=O) groups is 1. The zero-order chi connectivity index (χ0) is 22.1. The molecule has 0 aromatic heterocycles. The van der Waals surface area contributed by atoms with Crippen LogP contribution in [-0.4, -0.2) is 49.2 Å². The first-order valence-corrected chi connectivity index (χ1v) is 12.5. The molecule has 2 aliphatic heterocycles. The smallest absolute Gasteiger partial charge is 0.235 e. The Morgan fingerprint density at radius 2 is 1.84 bits per heavy atom. The predicted molar refractivity (Wildman–Crippen MR) is 132 cm³/mol. The number of nitrogens with one attached hydrogen (secondary N) is 4. The molecule has 32 heavy (non-hydrogen) atoms. The number of rotatable bonds is 6. The number of anilines is 2. The molecule has 2 saturated carbocycles. The number of piperidine rings is 1. The molecule has 2 heterocycles. The van der Waals surface area contributed by atoms with Crippen LogP contribution in [0.3, 0.4) is 0 Å². The van der Waals surface area contributed by atoms with Crippen LogP contribution in [0.25, 0.3) is 5.70 Å².